The van der Waals surface area contributed by atoms with Gasteiger partial charge in [0.15, 0.2) is 0 Å². The minimum atomic E-state index is -0.943. The zero-order valence-corrected chi connectivity index (χ0v) is 13.0. The van der Waals surface area contributed by atoms with Crippen LogP contribution in [-0.4, -0.2) is 11.1 Å². The van der Waals surface area contributed by atoms with Crippen LogP contribution in [0.15, 0.2) is 50.7 Å². The van der Waals surface area contributed by atoms with E-state index < -0.39 is 5.97 Å². The van der Waals surface area contributed by atoms with Crippen LogP contribution in [0.1, 0.15) is 21.5 Å². The topological polar surface area (TPSA) is 61.1 Å². The summed E-state index contributed by atoms with van der Waals surface area (Å²) < 4.78 is 0.841. The minimum Gasteiger partial charge on any atom is -0.478 e. The third-order valence-electron chi connectivity index (χ3n) is 2.73. The fraction of sp³-hybridized carbons (Fsp3) is 0.0667. The van der Waals surface area contributed by atoms with E-state index >= 15 is 0 Å². The molecule has 2 rings (SSSR count). The molecule has 0 amide bonds. The van der Waals surface area contributed by atoms with Crippen molar-refractivity contribution in [3.63, 3.8) is 0 Å². The summed E-state index contributed by atoms with van der Waals surface area (Å²) in [6.45, 7) is 1.76. The molecular formula is C15H10BrNO2S. The first kappa shape index (κ1) is 14.6. The van der Waals surface area contributed by atoms with Crippen LogP contribution in [0.25, 0.3) is 0 Å². The number of rotatable bonds is 3. The summed E-state index contributed by atoms with van der Waals surface area (Å²) in [5.74, 6) is -0.943. The average molecular weight is 348 g/mol. The number of hydrogen-bond acceptors (Lipinski definition) is 3. The van der Waals surface area contributed by atoms with Gasteiger partial charge in [-0.1, -0.05) is 33.8 Å². The average Bonchev–Trinajstić information content (AvgIpc) is 2.42. The summed E-state index contributed by atoms with van der Waals surface area (Å²) in [6.07, 6.45) is 0. The molecule has 0 bridgehead atoms. The fourth-order valence-corrected chi connectivity index (χ4v) is 2.98. The molecule has 0 saturated carbocycles. The van der Waals surface area contributed by atoms with Gasteiger partial charge in [0.2, 0.25) is 0 Å². The first-order chi connectivity index (χ1) is 9.51. The summed E-state index contributed by atoms with van der Waals surface area (Å²) in [7, 11) is 0. The Morgan fingerprint density at radius 1 is 1.30 bits per heavy atom. The van der Waals surface area contributed by atoms with Gasteiger partial charge in [0.1, 0.15) is 6.07 Å². The Balaban J connectivity index is 2.38. The quantitative estimate of drug-likeness (QED) is 0.889. The van der Waals surface area contributed by atoms with Crippen molar-refractivity contribution in [1.82, 2.24) is 0 Å². The summed E-state index contributed by atoms with van der Waals surface area (Å²) in [4.78, 5) is 12.7. The third-order valence-corrected chi connectivity index (χ3v) is 4.29. The van der Waals surface area contributed by atoms with Crippen molar-refractivity contribution in [1.29, 1.82) is 5.26 Å². The number of benzene rings is 2. The second-order valence-electron chi connectivity index (χ2n) is 4.14. The van der Waals surface area contributed by atoms with Crippen LogP contribution in [0.4, 0.5) is 0 Å². The van der Waals surface area contributed by atoms with Crippen LogP contribution in [0.3, 0.4) is 0 Å². The maximum absolute atomic E-state index is 11.1. The van der Waals surface area contributed by atoms with Crippen LogP contribution < -0.4 is 0 Å². The predicted octanol–water partition coefficient (Wildman–Crippen LogP) is 4.48. The molecule has 0 aromatic heterocycles. The highest BCUT2D eigenvalue weighted by Gasteiger charge is 2.10. The van der Waals surface area contributed by atoms with Crippen molar-refractivity contribution in [2.45, 2.75) is 16.7 Å². The van der Waals surface area contributed by atoms with Crippen molar-refractivity contribution in [2.75, 3.05) is 0 Å². The van der Waals surface area contributed by atoms with Crippen molar-refractivity contribution >= 4 is 33.7 Å². The van der Waals surface area contributed by atoms with Crippen molar-refractivity contribution in [3.05, 3.63) is 57.6 Å². The lowest BCUT2D eigenvalue weighted by Gasteiger charge is -2.07. The summed E-state index contributed by atoms with van der Waals surface area (Å²) >= 11 is 4.71. The lowest BCUT2D eigenvalue weighted by atomic mass is 10.1. The van der Waals surface area contributed by atoms with Gasteiger partial charge in [-0.25, -0.2) is 4.79 Å². The van der Waals surface area contributed by atoms with Gasteiger partial charge in [-0.3, -0.25) is 0 Å². The lowest BCUT2D eigenvalue weighted by Crippen LogP contribution is -1.99. The van der Waals surface area contributed by atoms with Crippen molar-refractivity contribution in [3.8, 4) is 6.07 Å². The number of carboxylic acid groups (broad SMARTS) is 1. The first-order valence-corrected chi connectivity index (χ1v) is 7.33. The Kier molecular flexibility index (Phi) is 4.48. The molecule has 100 valence electrons. The van der Waals surface area contributed by atoms with E-state index in [-0.39, 0.29) is 5.56 Å². The van der Waals surface area contributed by atoms with Crippen LogP contribution in [0.2, 0.25) is 0 Å². The van der Waals surface area contributed by atoms with E-state index in [0.717, 1.165) is 19.8 Å². The molecule has 0 unspecified atom stereocenters. The number of halogens is 1. The van der Waals surface area contributed by atoms with Crippen LogP contribution >= 0.6 is 27.7 Å². The molecule has 3 nitrogen and oxygen atoms in total. The number of nitrogens with zero attached hydrogens (tertiary/aromatic N) is 1. The Hall–Kier alpha value is -1.77. The van der Waals surface area contributed by atoms with E-state index in [1.165, 1.54) is 11.8 Å². The summed E-state index contributed by atoms with van der Waals surface area (Å²) in [5, 5.41) is 18.3. The van der Waals surface area contributed by atoms with E-state index in [1.807, 2.05) is 18.2 Å². The van der Waals surface area contributed by atoms with Gasteiger partial charge in [0.25, 0.3) is 0 Å². The molecule has 0 radical (unpaired) electrons. The number of aryl methyl sites for hydroxylation is 1. The maximum Gasteiger partial charge on any atom is 0.335 e. The predicted molar refractivity (Wildman–Crippen MR) is 81.1 cm³/mol. The monoisotopic (exact) mass is 347 g/mol. The molecule has 2 aromatic rings. The molecule has 0 aliphatic heterocycles. The molecule has 0 fully saturated rings. The number of nitriles is 1. The van der Waals surface area contributed by atoms with Gasteiger partial charge in [-0.2, -0.15) is 5.26 Å². The largest absolute Gasteiger partial charge is 0.478 e. The summed E-state index contributed by atoms with van der Waals surface area (Å²) in [5.41, 5.74) is 1.56. The highest BCUT2D eigenvalue weighted by molar-refractivity contribution is 9.10. The molecule has 20 heavy (non-hydrogen) atoms. The van der Waals surface area contributed by atoms with E-state index in [2.05, 4.69) is 22.0 Å². The molecule has 0 aliphatic carbocycles. The molecule has 5 heteroatoms. The van der Waals surface area contributed by atoms with E-state index in [4.69, 9.17) is 10.4 Å². The molecule has 0 aliphatic rings. The van der Waals surface area contributed by atoms with Crippen molar-refractivity contribution < 1.29 is 9.90 Å². The molecule has 0 atom stereocenters. The van der Waals surface area contributed by atoms with Crippen LogP contribution in [0, 0.1) is 18.3 Å². The Labute approximate surface area is 129 Å². The Bertz CT molecular complexity index is 722. The Morgan fingerprint density at radius 3 is 2.70 bits per heavy atom. The molecule has 2 aromatic carbocycles. The van der Waals surface area contributed by atoms with Gasteiger partial charge in [-0.15, -0.1) is 0 Å². The van der Waals surface area contributed by atoms with Crippen LogP contribution in [-0.2, 0) is 0 Å². The van der Waals surface area contributed by atoms with Gasteiger partial charge in [-0.05, 0) is 42.8 Å². The molecular weight excluding hydrogens is 338 g/mol. The second kappa shape index (κ2) is 6.12. The number of aromatic carboxylic acids is 1. The van der Waals surface area contributed by atoms with Gasteiger partial charge < -0.3 is 5.11 Å². The molecule has 1 N–H and O–H groups in total. The molecule has 0 heterocycles. The van der Waals surface area contributed by atoms with E-state index in [1.54, 1.807) is 25.1 Å². The fourth-order valence-electron chi connectivity index (χ4n) is 1.70. The van der Waals surface area contributed by atoms with Gasteiger partial charge in [0, 0.05) is 14.3 Å². The SMILES string of the molecule is Cc1ccc(Sc2ccc(Br)cc2C#N)cc1C(=O)O. The molecule has 0 saturated heterocycles. The van der Waals surface area contributed by atoms with E-state index in [9.17, 15) is 4.79 Å². The van der Waals surface area contributed by atoms with Crippen LogP contribution in [0.5, 0.6) is 0 Å². The highest BCUT2D eigenvalue weighted by Crippen LogP contribution is 2.32. The first-order valence-electron chi connectivity index (χ1n) is 5.72. The summed E-state index contributed by atoms with van der Waals surface area (Å²) in [6, 6.07) is 12.8. The van der Waals surface area contributed by atoms with Gasteiger partial charge in [0.05, 0.1) is 11.1 Å². The number of carboxylic acids is 1. The smallest absolute Gasteiger partial charge is 0.335 e. The maximum atomic E-state index is 11.1. The van der Waals surface area contributed by atoms with E-state index in [0.29, 0.717) is 5.56 Å². The zero-order chi connectivity index (χ0) is 14.7. The minimum absolute atomic E-state index is 0.283. The molecule has 0 spiro atoms. The third kappa shape index (κ3) is 3.21. The number of hydrogen-bond donors (Lipinski definition) is 1. The zero-order valence-electron chi connectivity index (χ0n) is 10.6. The van der Waals surface area contributed by atoms with Gasteiger partial charge >= 0.3 is 5.97 Å². The lowest BCUT2D eigenvalue weighted by molar-refractivity contribution is 0.0696. The van der Waals surface area contributed by atoms with Crippen molar-refractivity contribution in [2.24, 2.45) is 0 Å². The number of carbonyl (C=O) groups is 1. The normalized spacial score (nSPS) is 10.1. The second-order valence-corrected chi connectivity index (χ2v) is 6.17. The Morgan fingerprint density at radius 2 is 2.05 bits per heavy atom. The highest BCUT2D eigenvalue weighted by atomic mass is 79.9. The standard InChI is InChI=1S/C15H10BrNO2S/c1-9-2-4-12(7-13(9)15(18)19)20-14-5-3-11(16)6-10(14)8-17/h2-7H,1H3,(H,18,19).